The first-order valence-electron chi connectivity index (χ1n) is 2.88. The van der Waals surface area contributed by atoms with Crippen LogP contribution >= 0.6 is 36.2 Å². The Morgan fingerprint density at radius 3 is 2.27 bits per heavy atom. The fourth-order valence-electron chi connectivity index (χ4n) is 0.583. The van der Waals surface area contributed by atoms with E-state index in [4.69, 9.17) is 5.73 Å². The first-order valence-corrected chi connectivity index (χ1v) is 3.69. The smallest absolute Gasteiger partial charge is 0.109 e. The molecule has 1 heterocycles. The molecule has 0 amide bonds. The molecular formula is C6H12Cl2N2S. The number of halogens is 2. The highest BCUT2D eigenvalue weighted by molar-refractivity contribution is 7.11. The van der Waals surface area contributed by atoms with Gasteiger partial charge in [0.1, 0.15) is 5.01 Å². The highest BCUT2D eigenvalue weighted by Gasteiger charge is 2.01. The van der Waals surface area contributed by atoms with E-state index in [0.29, 0.717) is 0 Å². The quantitative estimate of drug-likeness (QED) is 0.780. The van der Waals surface area contributed by atoms with E-state index >= 15 is 0 Å². The summed E-state index contributed by atoms with van der Waals surface area (Å²) in [5.74, 6) is 0. The summed E-state index contributed by atoms with van der Waals surface area (Å²) in [5, 5.41) is 1.02. The Hall–Kier alpha value is 0.170. The Kier molecular flexibility index (Phi) is 7.21. The predicted molar refractivity (Wildman–Crippen MR) is 53.9 cm³/mol. The Bertz CT molecular complexity index is 200. The van der Waals surface area contributed by atoms with Crippen LogP contribution in [0.5, 0.6) is 0 Å². The molecule has 11 heavy (non-hydrogen) atoms. The minimum atomic E-state index is 0. The van der Waals surface area contributed by atoms with Crippen LogP contribution in [0, 0.1) is 6.92 Å². The van der Waals surface area contributed by atoms with E-state index in [9.17, 15) is 0 Å². The summed E-state index contributed by atoms with van der Waals surface area (Å²) in [7, 11) is 0. The lowest BCUT2D eigenvalue weighted by Gasteiger charge is -1.95. The van der Waals surface area contributed by atoms with E-state index in [2.05, 4.69) is 4.98 Å². The van der Waals surface area contributed by atoms with Crippen molar-refractivity contribution in [3.8, 4) is 0 Å². The zero-order valence-corrected chi connectivity index (χ0v) is 8.85. The second-order valence-corrected chi connectivity index (χ2v) is 3.36. The minimum absolute atomic E-state index is 0. The standard InChI is InChI=1S/C6H10N2S.2ClH/c1-4-3-8-6(9-4)5(2)7;;/h3,5H,7H2,1-2H3;2*1H. The Balaban J connectivity index is 0. The van der Waals surface area contributed by atoms with Crippen LogP contribution in [0.2, 0.25) is 0 Å². The van der Waals surface area contributed by atoms with E-state index in [-0.39, 0.29) is 30.9 Å². The molecule has 1 unspecified atom stereocenters. The summed E-state index contributed by atoms with van der Waals surface area (Å²) in [6.45, 7) is 3.97. The van der Waals surface area contributed by atoms with E-state index in [0.717, 1.165) is 5.01 Å². The van der Waals surface area contributed by atoms with Gasteiger partial charge in [-0.15, -0.1) is 36.2 Å². The molecule has 0 spiro atoms. The number of aromatic nitrogens is 1. The van der Waals surface area contributed by atoms with Gasteiger partial charge in [0.2, 0.25) is 0 Å². The van der Waals surface area contributed by atoms with E-state index in [1.165, 1.54) is 4.88 Å². The molecule has 1 aromatic heterocycles. The summed E-state index contributed by atoms with van der Waals surface area (Å²) in [6.07, 6.45) is 1.85. The van der Waals surface area contributed by atoms with Crippen LogP contribution < -0.4 is 5.73 Å². The third-order valence-corrected chi connectivity index (χ3v) is 2.14. The molecule has 1 atom stereocenters. The van der Waals surface area contributed by atoms with Crippen molar-refractivity contribution in [1.82, 2.24) is 4.98 Å². The van der Waals surface area contributed by atoms with Crippen LogP contribution in [0.1, 0.15) is 22.9 Å². The van der Waals surface area contributed by atoms with Gasteiger partial charge in [-0.3, -0.25) is 0 Å². The maximum absolute atomic E-state index is 5.57. The molecule has 0 bridgehead atoms. The van der Waals surface area contributed by atoms with E-state index in [1.807, 2.05) is 20.0 Å². The summed E-state index contributed by atoms with van der Waals surface area (Å²) in [6, 6.07) is 0.0868. The molecular weight excluding hydrogens is 203 g/mol. The predicted octanol–water partition coefficient (Wildman–Crippen LogP) is 2.31. The topological polar surface area (TPSA) is 38.9 Å². The summed E-state index contributed by atoms with van der Waals surface area (Å²) in [4.78, 5) is 5.33. The summed E-state index contributed by atoms with van der Waals surface area (Å²) in [5.41, 5.74) is 5.57. The van der Waals surface area contributed by atoms with Crippen LogP contribution in [-0.4, -0.2) is 4.98 Å². The highest BCUT2D eigenvalue weighted by Crippen LogP contribution is 2.16. The van der Waals surface area contributed by atoms with Crippen molar-refractivity contribution >= 4 is 36.2 Å². The van der Waals surface area contributed by atoms with E-state index < -0.39 is 0 Å². The van der Waals surface area contributed by atoms with Crippen LogP contribution in [0.3, 0.4) is 0 Å². The number of hydrogen-bond donors (Lipinski definition) is 1. The second-order valence-electron chi connectivity index (χ2n) is 2.10. The first-order chi connectivity index (χ1) is 4.20. The SMILES string of the molecule is Cc1cnc(C(C)N)s1.Cl.Cl. The molecule has 5 heteroatoms. The maximum atomic E-state index is 5.57. The number of hydrogen-bond acceptors (Lipinski definition) is 3. The van der Waals surface area contributed by atoms with Gasteiger partial charge in [0.25, 0.3) is 0 Å². The zero-order chi connectivity index (χ0) is 6.85. The van der Waals surface area contributed by atoms with Gasteiger partial charge in [0, 0.05) is 11.1 Å². The van der Waals surface area contributed by atoms with Gasteiger partial charge < -0.3 is 5.73 Å². The normalized spacial score (nSPS) is 11.2. The van der Waals surface area contributed by atoms with Crippen molar-refractivity contribution in [2.24, 2.45) is 5.73 Å². The fraction of sp³-hybridized carbons (Fsp3) is 0.500. The van der Waals surface area contributed by atoms with Crippen LogP contribution in [0.4, 0.5) is 0 Å². The van der Waals surface area contributed by atoms with Gasteiger partial charge in [0.15, 0.2) is 0 Å². The lowest BCUT2D eigenvalue weighted by atomic mass is 10.4. The number of nitrogens with two attached hydrogens (primary N) is 1. The average Bonchev–Trinajstić information content (AvgIpc) is 2.14. The maximum Gasteiger partial charge on any atom is 0.109 e. The monoisotopic (exact) mass is 214 g/mol. The molecule has 0 fully saturated rings. The van der Waals surface area contributed by atoms with Crippen molar-refractivity contribution in [3.05, 3.63) is 16.1 Å². The highest BCUT2D eigenvalue weighted by atomic mass is 35.5. The summed E-state index contributed by atoms with van der Waals surface area (Å²) >= 11 is 1.66. The number of nitrogens with zero attached hydrogens (tertiary/aromatic N) is 1. The average molecular weight is 215 g/mol. The molecule has 2 N–H and O–H groups in total. The lowest BCUT2D eigenvalue weighted by molar-refractivity contribution is 0.807. The molecule has 0 aromatic carbocycles. The third-order valence-electron chi connectivity index (χ3n) is 1.03. The molecule has 0 aliphatic rings. The minimum Gasteiger partial charge on any atom is -0.322 e. The molecule has 0 radical (unpaired) electrons. The van der Waals surface area contributed by atoms with Gasteiger partial charge >= 0.3 is 0 Å². The Labute approximate surface area is 83.0 Å². The molecule has 2 nitrogen and oxygen atoms in total. The van der Waals surface area contributed by atoms with Crippen molar-refractivity contribution in [2.45, 2.75) is 19.9 Å². The molecule has 1 rings (SSSR count). The number of rotatable bonds is 1. The van der Waals surface area contributed by atoms with Gasteiger partial charge in [-0.1, -0.05) is 0 Å². The third kappa shape index (κ3) is 3.91. The van der Waals surface area contributed by atoms with Crippen LogP contribution in [0.15, 0.2) is 6.20 Å². The molecule has 66 valence electrons. The van der Waals surface area contributed by atoms with Crippen molar-refractivity contribution in [3.63, 3.8) is 0 Å². The van der Waals surface area contributed by atoms with Gasteiger partial charge in [-0.25, -0.2) is 4.98 Å². The molecule has 0 saturated heterocycles. The largest absolute Gasteiger partial charge is 0.322 e. The molecule has 0 saturated carbocycles. The number of thiazole rings is 1. The second kappa shape index (κ2) is 5.77. The first kappa shape index (κ1) is 13.7. The van der Waals surface area contributed by atoms with Crippen LogP contribution in [-0.2, 0) is 0 Å². The van der Waals surface area contributed by atoms with Gasteiger partial charge in [0.05, 0.1) is 6.04 Å². The zero-order valence-electron chi connectivity index (χ0n) is 6.40. The van der Waals surface area contributed by atoms with Gasteiger partial charge in [-0.2, -0.15) is 0 Å². The number of aryl methyl sites for hydroxylation is 1. The van der Waals surface area contributed by atoms with Gasteiger partial charge in [-0.05, 0) is 13.8 Å². The van der Waals surface area contributed by atoms with Crippen molar-refractivity contribution in [1.29, 1.82) is 0 Å². The summed E-state index contributed by atoms with van der Waals surface area (Å²) < 4.78 is 0. The Morgan fingerprint density at radius 1 is 1.55 bits per heavy atom. The molecule has 1 aromatic rings. The van der Waals surface area contributed by atoms with Crippen molar-refractivity contribution < 1.29 is 0 Å². The van der Waals surface area contributed by atoms with Crippen LogP contribution in [0.25, 0.3) is 0 Å². The fourth-order valence-corrected chi connectivity index (χ4v) is 1.31. The van der Waals surface area contributed by atoms with E-state index in [1.54, 1.807) is 11.3 Å². The lowest BCUT2D eigenvalue weighted by Crippen LogP contribution is -2.03. The molecule has 0 aliphatic heterocycles. The van der Waals surface area contributed by atoms with Crippen molar-refractivity contribution in [2.75, 3.05) is 0 Å². The molecule has 0 aliphatic carbocycles. The Morgan fingerprint density at radius 2 is 2.09 bits per heavy atom.